The lowest BCUT2D eigenvalue weighted by atomic mass is 9.99. The topological polar surface area (TPSA) is 70.4 Å². The van der Waals surface area contributed by atoms with E-state index in [2.05, 4.69) is 0 Å². The summed E-state index contributed by atoms with van der Waals surface area (Å²) in [7, 11) is 0. The molecule has 110 valence electrons. The number of carbonyl (C=O) groups is 2. The van der Waals surface area contributed by atoms with Crippen LogP contribution in [0.5, 0.6) is 0 Å². The fourth-order valence-corrected chi connectivity index (χ4v) is 2.46. The molecule has 0 spiro atoms. The number of Topliss-reactive ketones (excluding diaryl/α,β-unsaturated/α-hetero) is 1. The lowest BCUT2D eigenvalue weighted by Crippen LogP contribution is -2.45. The van der Waals surface area contributed by atoms with Crippen molar-refractivity contribution in [3.8, 4) is 6.07 Å². The lowest BCUT2D eigenvalue weighted by Gasteiger charge is -2.32. The number of ketones is 1. The van der Waals surface area contributed by atoms with Crippen LogP contribution in [0.1, 0.15) is 31.2 Å². The molecular weight excluding hydrogens is 268 g/mol. The molecule has 0 bridgehead atoms. The largest absolute Gasteiger partial charge is 0.367 e. The minimum Gasteiger partial charge on any atom is -0.367 e. The van der Waals surface area contributed by atoms with Crippen LogP contribution in [-0.4, -0.2) is 29.4 Å². The molecule has 1 unspecified atom stereocenters. The molecule has 0 saturated carbocycles. The van der Waals surface area contributed by atoms with Gasteiger partial charge in [0.05, 0.1) is 18.9 Å². The van der Waals surface area contributed by atoms with Crippen molar-refractivity contribution in [1.82, 2.24) is 5.06 Å². The number of benzene rings is 1. The fourth-order valence-electron chi connectivity index (χ4n) is 2.46. The SMILES string of the molecule is N#CCC(=O)C1CCCCN1OC(=O)Cc1ccccc1. The van der Waals surface area contributed by atoms with Gasteiger partial charge in [-0.25, -0.2) is 4.79 Å². The summed E-state index contributed by atoms with van der Waals surface area (Å²) < 4.78 is 0. The quantitative estimate of drug-likeness (QED) is 0.828. The molecule has 1 atom stereocenters. The Morgan fingerprint density at radius 3 is 2.76 bits per heavy atom. The average Bonchev–Trinajstić information content (AvgIpc) is 2.49. The molecule has 5 heteroatoms. The molecule has 5 nitrogen and oxygen atoms in total. The lowest BCUT2D eigenvalue weighted by molar-refractivity contribution is -0.206. The minimum atomic E-state index is -0.474. The number of carbonyl (C=O) groups excluding carboxylic acids is 2. The minimum absolute atomic E-state index is 0.141. The molecule has 1 aromatic carbocycles. The number of nitriles is 1. The third-order valence-corrected chi connectivity index (χ3v) is 3.49. The zero-order valence-electron chi connectivity index (χ0n) is 11.8. The first kappa shape index (κ1) is 15.2. The Morgan fingerprint density at radius 1 is 1.29 bits per heavy atom. The van der Waals surface area contributed by atoms with Gasteiger partial charge >= 0.3 is 5.97 Å². The van der Waals surface area contributed by atoms with Crippen LogP contribution in [0.2, 0.25) is 0 Å². The normalized spacial score (nSPS) is 18.7. The van der Waals surface area contributed by atoms with E-state index in [1.807, 2.05) is 36.4 Å². The number of rotatable bonds is 5. The van der Waals surface area contributed by atoms with E-state index in [1.54, 1.807) is 0 Å². The summed E-state index contributed by atoms with van der Waals surface area (Å²) in [5.74, 6) is -0.553. The first-order valence-corrected chi connectivity index (χ1v) is 7.11. The summed E-state index contributed by atoms with van der Waals surface area (Å²) in [6.45, 7) is 0.544. The molecule has 2 rings (SSSR count). The zero-order valence-corrected chi connectivity index (χ0v) is 11.8. The van der Waals surface area contributed by atoms with E-state index < -0.39 is 6.04 Å². The van der Waals surface area contributed by atoms with Crippen LogP contribution in [-0.2, 0) is 20.8 Å². The van der Waals surface area contributed by atoms with Gasteiger partial charge in [0.15, 0.2) is 5.78 Å². The summed E-state index contributed by atoms with van der Waals surface area (Å²) in [4.78, 5) is 29.2. The van der Waals surface area contributed by atoms with Gasteiger partial charge in [-0.3, -0.25) is 4.79 Å². The van der Waals surface area contributed by atoms with Crippen molar-refractivity contribution in [3.63, 3.8) is 0 Å². The van der Waals surface area contributed by atoms with E-state index in [1.165, 1.54) is 5.06 Å². The van der Waals surface area contributed by atoms with Crippen LogP contribution in [0.4, 0.5) is 0 Å². The van der Waals surface area contributed by atoms with Crippen molar-refractivity contribution in [2.45, 2.75) is 38.1 Å². The van der Waals surface area contributed by atoms with Crippen molar-refractivity contribution >= 4 is 11.8 Å². The number of hydrogen-bond acceptors (Lipinski definition) is 5. The molecule has 1 fully saturated rings. The number of hydrogen-bond donors (Lipinski definition) is 0. The summed E-state index contributed by atoms with van der Waals surface area (Å²) in [5.41, 5.74) is 0.874. The second kappa shape index (κ2) is 7.55. The molecule has 21 heavy (non-hydrogen) atoms. The molecule has 1 aliphatic heterocycles. The molecule has 1 aliphatic rings. The maximum atomic E-state index is 12.0. The van der Waals surface area contributed by atoms with Crippen LogP contribution in [0.15, 0.2) is 30.3 Å². The van der Waals surface area contributed by atoms with Crippen molar-refractivity contribution in [2.24, 2.45) is 0 Å². The van der Waals surface area contributed by atoms with Gasteiger partial charge in [0.1, 0.15) is 6.04 Å². The summed E-state index contributed by atoms with van der Waals surface area (Å²) >= 11 is 0. The molecule has 1 saturated heterocycles. The average molecular weight is 286 g/mol. The molecule has 0 aromatic heterocycles. The maximum absolute atomic E-state index is 12.0. The van der Waals surface area contributed by atoms with Gasteiger partial charge < -0.3 is 4.84 Å². The van der Waals surface area contributed by atoms with Crippen molar-refractivity contribution in [3.05, 3.63) is 35.9 Å². The van der Waals surface area contributed by atoms with Crippen molar-refractivity contribution in [1.29, 1.82) is 5.26 Å². The van der Waals surface area contributed by atoms with Gasteiger partial charge in [-0.05, 0) is 24.8 Å². The van der Waals surface area contributed by atoms with Gasteiger partial charge in [0.25, 0.3) is 0 Å². The molecular formula is C16H18N2O3. The van der Waals surface area contributed by atoms with Gasteiger partial charge in [0.2, 0.25) is 0 Å². The maximum Gasteiger partial charge on any atom is 0.329 e. The molecule has 0 amide bonds. The zero-order chi connectivity index (χ0) is 15.1. The predicted molar refractivity (Wildman–Crippen MR) is 75.8 cm³/mol. The molecule has 1 heterocycles. The number of hydroxylamine groups is 2. The predicted octanol–water partition coefficient (Wildman–Crippen LogP) is 2.02. The Bertz CT molecular complexity index is 536. The van der Waals surface area contributed by atoms with Crippen LogP contribution < -0.4 is 0 Å². The first-order chi connectivity index (χ1) is 10.2. The number of piperidine rings is 1. The molecule has 0 aliphatic carbocycles. The molecule has 0 N–H and O–H groups in total. The highest BCUT2D eigenvalue weighted by Gasteiger charge is 2.31. The van der Waals surface area contributed by atoms with Gasteiger partial charge in [-0.15, -0.1) is 5.06 Å². The van der Waals surface area contributed by atoms with Gasteiger partial charge in [-0.1, -0.05) is 30.3 Å². The van der Waals surface area contributed by atoms with Crippen molar-refractivity contribution in [2.75, 3.05) is 6.54 Å². The van der Waals surface area contributed by atoms with E-state index in [-0.39, 0.29) is 24.6 Å². The van der Waals surface area contributed by atoms with Gasteiger partial charge in [0, 0.05) is 6.54 Å². The van der Waals surface area contributed by atoms with E-state index in [0.717, 1.165) is 18.4 Å². The summed E-state index contributed by atoms with van der Waals surface area (Å²) in [5, 5.41) is 10.1. The standard InChI is InChI=1S/C16H18N2O3/c17-10-9-15(19)14-8-4-5-11-18(14)21-16(20)12-13-6-2-1-3-7-13/h1-3,6-7,14H,4-5,8-9,11-12H2. The third kappa shape index (κ3) is 4.40. The fraction of sp³-hybridized carbons (Fsp3) is 0.438. The Kier molecular flexibility index (Phi) is 5.47. The van der Waals surface area contributed by atoms with Crippen LogP contribution >= 0.6 is 0 Å². The Hall–Kier alpha value is -2.19. The highest BCUT2D eigenvalue weighted by molar-refractivity contribution is 5.86. The van der Waals surface area contributed by atoms with Gasteiger partial charge in [-0.2, -0.15) is 5.26 Å². The van der Waals surface area contributed by atoms with Crippen LogP contribution in [0.25, 0.3) is 0 Å². The molecule has 1 aromatic rings. The summed E-state index contributed by atoms with van der Waals surface area (Å²) in [6, 6.07) is 10.7. The summed E-state index contributed by atoms with van der Waals surface area (Å²) in [6.07, 6.45) is 2.47. The Labute approximate surface area is 124 Å². The Morgan fingerprint density at radius 2 is 2.05 bits per heavy atom. The third-order valence-electron chi connectivity index (χ3n) is 3.49. The van der Waals surface area contributed by atoms with Crippen LogP contribution in [0, 0.1) is 11.3 Å². The number of nitrogens with zero attached hydrogens (tertiary/aromatic N) is 2. The van der Waals surface area contributed by atoms with E-state index in [0.29, 0.717) is 13.0 Å². The van der Waals surface area contributed by atoms with Crippen LogP contribution in [0.3, 0.4) is 0 Å². The van der Waals surface area contributed by atoms with E-state index >= 15 is 0 Å². The second-order valence-corrected chi connectivity index (χ2v) is 5.08. The van der Waals surface area contributed by atoms with Crippen molar-refractivity contribution < 1.29 is 14.4 Å². The van der Waals surface area contributed by atoms with E-state index in [9.17, 15) is 9.59 Å². The highest BCUT2D eigenvalue weighted by atomic mass is 16.7. The van der Waals surface area contributed by atoms with E-state index in [4.69, 9.17) is 10.1 Å². The smallest absolute Gasteiger partial charge is 0.329 e. The monoisotopic (exact) mass is 286 g/mol. The molecule has 0 radical (unpaired) electrons. The first-order valence-electron chi connectivity index (χ1n) is 7.11. The Balaban J connectivity index is 1.94. The highest BCUT2D eigenvalue weighted by Crippen LogP contribution is 2.19. The second-order valence-electron chi connectivity index (χ2n) is 5.08.